The first-order chi connectivity index (χ1) is 10.6. The Morgan fingerprint density at radius 3 is 2.95 bits per heavy atom. The molecule has 2 atom stereocenters. The van der Waals surface area contributed by atoms with Crippen LogP contribution in [0.3, 0.4) is 0 Å². The number of hydrogen-bond donors (Lipinski definition) is 1. The summed E-state index contributed by atoms with van der Waals surface area (Å²) < 4.78 is 7.16. The number of aliphatic hydroxyl groups excluding tert-OH is 1. The molecule has 6 nitrogen and oxygen atoms in total. The van der Waals surface area contributed by atoms with Gasteiger partial charge in [0.25, 0.3) is 5.56 Å². The van der Waals surface area contributed by atoms with Crippen LogP contribution in [0.25, 0.3) is 10.9 Å². The monoisotopic (exact) mass is 303 g/mol. The number of hydrogen-bond acceptors (Lipinski definition) is 5. The van der Waals surface area contributed by atoms with Crippen LogP contribution in [0.2, 0.25) is 0 Å². The third-order valence-corrected chi connectivity index (χ3v) is 4.26. The first kappa shape index (κ1) is 15.1. The van der Waals surface area contributed by atoms with Crippen molar-refractivity contribution < 1.29 is 9.84 Å². The highest BCUT2D eigenvalue weighted by atomic mass is 16.5. The zero-order chi connectivity index (χ0) is 15.7. The standard InChI is InChI=1S/C16H21N3O3/c1-11-10-22-12(9-20)7-19(11)8-15-17-14-6-4-3-5-13(14)16(21)18(15)2/h3-6,11-12,20H,7-10H2,1-2H3. The van der Waals surface area contributed by atoms with E-state index in [9.17, 15) is 9.90 Å². The van der Waals surface area contributed by atoms with Crippen molar-refractivity contribution >= 4 is 10.9 Å². The largest absolute Gasteiger partial charge is 0.394 e. The molecule has 2 heterocycles. The SMILES string of the molecule is CC1COC(CO)CN1Cc1nc2ccccc2c(=O)n1C. The van der Waals surface area contributed by atoms with Gasteiger partial charge in [-0.15, -0.1) is 0 Å². The number of aromatic nitrogens is 2. The van der Waals surface area contributed by atoms with Gasteiger partial charge in [-0.2, -0.15) is 0 Å². The van der Waals surface area contributed by atoms with Gasteiger partial charge in [0.1, 0.15) is 5.82 Å². The summed E-state index contributed by atoms with van der Waals surface area (Å²) in [4.78, 5) is 19.3. The number of ether oxygens (including phenoxy) is 1. The van der Waals surface area contributed by atoms with E-state index in [1.165, 1.54) is 0 Å². The predicted molar refractivity (Wildman–Crippen MR) is 83.7 cm³/mol. The van der Waals surface area contributed by atoms with E-state index in [-0.39, 0.29) is 24.3 Å². The van der Waals surface area contributed by atoms with Crippen LogP contribution < -0.4 is 5.56 Å². The maximum atomic E-state index is 12.4. The molecule has 1 fully saturated rings. The average molecular weight is 303 g/mol. The van der Waals surface area contributed by atoms with Gasteiger partial charge < -0.3 is 9.84 Å². The van der Waals surface area contributed by atoms with Gasteiger partial charge in [-0.1, -0.05) is 12.1 Å². The van der Waals surface area contributed by atoms with Crippen LogP contribution in [0.15, 0.2) is 29.1 Å². The lowest BCUT2D eigenvalue weighted by Crippen LogP contribution is -2.49. The number of para-hydroxylation sites is 1. The van der Waals surface area contributed by atoms with E-state index in [0.29, 0.717) is 25.1 Å². The number of benzene rings is 1. The highest BCUT2D eigenvalue weighted by molar-refractivity contribution is 5.77. The van der Waals surface area contributed by atoms with Crippen molar-refractivity contribution in [2.45, 2.75) is 25.6 Å². The lowest BCUT2D eigenvalue weighted by molar-refractivity contribution is -0.0814. The fourth-order valence-electron chi connectivity index (χ4n) is 2.79. The van der Waals surface area contributed by atoms with Crippen LogP contribution >= 0.6 is 0 Å². The molecule has 22 heavy (non-hydrogen) atoms. The lowest BCUT2D eigenvalue weighted by atomic mass is 10.2. The molecule has 1 aromatic carbocycles. The molecule has 1 aromatic heterocycles. The third kappa shape index (κ3) is 2.77. The van der Waals surface area contributed by atoms with Crippen LogP contribution in [0.5, 0.6) is 0 Å². The minimum absolute atomic E-state index is 0.00724. The molecular weight excluding hydrogens is 282 g/mol. The zero-order valence-corrected chi connectivity index (χ0v) is 12.9. The molecule has 0 spiro atoms. The Hall–Kier alpha value is -1.76. The van der Waals surface area contributed by atoms with E-state index < -0.39 is 0 Å². The minimum Gasteiger partial charge on any atom is -0.394 e. The quantitative estimate of drug-likeness (QED) is 0.895. The molecule has 2 aromatic rings. The highest BCUT2D eigenvalue weighted by Gasteiger charge is 2.26. The molecule has 2 unspecified atom stereocenters. The Morgan fingerprint density at radius 1 is 1.41 bits per heavy atom. The molecule has 0 amide bonds. The minimum atomic E-state index is -0.173. The smallest absolute Gasteiger partial charge is 0.261 e. The molecule has 1 N–H and O–H groups in total. The van der Waals surface area contributed by atoms with Crippen LogP contribution in [-0.2, 0) is 18.3 Å². The molecular formula is C16H21N3O3. The fraction of sp³-hybridized carbons (Fsp3) is 0.500. The summed E-state index contributed by atoms with van der Waals surface area (Å²) in [5.74, 6) is 0.731. The van der Waals surface area contributed by atoms with Gasteiger partial charge in [-0.25, -0.2) is 4.98 Å². The number of fused-ring (bicyclic) bond motifs is 1. The summed E-state index contributed by atoms with van der Waals surface area (Å²) in [6.07, 6.45) is -0.173. The summed E-state index contributed by atoms with van der Waals surface area (Å²) in [6, 6.07) is 7.62. The zero-order valence-electron chi connectivity index (χ0n) is 12.9. The maximum Gasteiger partial charge on any atom is 0.261 e. The molecule has 0 radical (unpaired) electrons. The number of morpholine rings is 1. The van der Waals surface area contributed by atoms with Crippen LogP contribution in [0.4, 0.5) is 0 Å². The van der Waals surface area contributed by atoms with E-state index in [1.807, 2.05) is 18.2 Å². The Bertz CT molecular complexity index is 728. The molecule has 1 aliphatic heterocycles. The number of nitrogens with zero attached hydrogens (tertiary/aromatic N) is 3. The van der Waals surface area contributed by atoms with Gasteiger partial charge in [-0.05, 0) is 19.1 Å². The number of aliphatic hydroxyl groups is 1. The normalized spacial score (nSPS) is 23.0. The van der Waals surface area contributed by atoms with Crippen molar-refractivity contribution in [1.82, 2.24) is 14.5 Å². The van der Waals surface area contributed by atoms with Crippen molar-refractivity contribution in [3.8, 4) is 0 Å². The number of rotatable bonds is 3. The van der Waals surface area contributed by atoms with E-state index in [2.05, 4.69) is 16.8 Å². The predicted octanol–water partition coefficient (Wildman–Crippen LogP) is 0.515. The molecule has 1 aliphatic rings. The second kappa shape index (κ2) is 6.16. The fourth-order valence-corrected chi connectivity index (χ4v) is 2.79. The Kier molecular flexibility index (Phi) is 4.24. The van der Waals surface area contributed by atoms with E-state index >= 15 is 0 Å². The summed E-state index contributed by atoms with van der Waals surface area (Å²) in [5.41, 5.74) is 0.695. The Balaban J connectivity index is 1.93. The van der Waals surface area contributed by atoms with E-state index in [1.54, 1.807) is 17.7 Å². The lowest BCUT2D eigenvalue weighted by Gasteiger charge is -2.37. The van der Waals surface area contributed by atoms with Crippen molar-refractivity contribution in [3.63, 3.8) is 0 Å². The van der Waals surface area contributed by atoms with Crippen LogP contribution in [0.1, 0.15) is 12.7 Å². The molecule has 0 bridgehead atoms. The van der Waals surface area contributed by atoms with Crippen molar-refractivity contribution in [2.75, 3.05) is 19.8 Å². The summed E-state index contributed by atoms with van der Waals surface area (Å²) in [7, 11) is 1.76. The van der Waals surface area contributed by atoms with Gasteiger partial charge in [0.15, 0.2) is 0 Å². The van der Waals surface area contributed by atoms with Gasteiger partial charge >= 0.3 is 0 Å². The average Bonchev–Trinajstić information content (AvgIpc) is 2.54. The summed E-state index contributed by atoms with van der Waals surface area (Å²) in [5, 5.41) is 9.91. The maximum absolute atomic E-state index is 12.4. The molecule has 0 saturated carbocycles. The van der Waals surface area contributed by atoms with Crippen molar-refractivity contribution in [2.24, 2.45) is 7.05 Å². The Labute approximate surface area is 129 Å². The van der Waals surface area contributed by atoms with E-state index in [4.69, 9.17) is 4.74 Å². The van der Waals surface area contributed by atoms with Crippen LogP contribution in [0, 0.1) is 0 Å². The first-order valence-electron chi connectivity index (χ1n) is 7.51. The molecule has 3 rings (SSSR count). The van der Waals surface area contributed by atoms with Crippen molar-refractivity contribution in [3.05, 3.63) is 40.4 Å². The van der Waals surface area contributed by atoms with Gasteiger partial charge in [0, 0.05) is 19.6 Å². The summed E-state index contributed by atoms with van der Waals surface area (Å²) >= 11 is 0. The first-order valence-corrected chi connectivity index (χ1v) is 7.51. The second-order valence-electron chi connectivity index (χ2n) is 5.83. The van der Waals surface area contributed by atoms with Crippen molar-refractivity contribution in [1.29, 1.82) is 0 Å². The van der Waals surface area contributed by atoms with Crippen LogP contribution in [-0.4, -0.2) is 51.5 Å². The molecule has 0 aliphatic carbocycles. The topological polar surface area (TPSA) is 67.6 Å². The highest BCUT2D eigenvalue weighted by Crippen LogP contribution is 2.15. The molecule has 118 valence electrons. The summed E-state index contributed by atoms with van der Waals surface area (Å²) in [6.45, 7) is 3.87. The van der Waals surface area contributed by atoms with Gasteiger partial charge in [0.2, 0.25) is 0 Å². The molecule has 1 saturated heterocycles. The third-order valence-electron chi connectivity index (χ3n) is 4.26. The molecule has 6 heteroatoms. The Morgan fingerprint density at radius 2 is 2.18 bits per heavy atom. The van der Waals surface area contributed by atoms with Gasteiger partial charge in [0.05, 0.1) is 36.8 Å². The van der Waals surface area contributed by atoms with Gasteiger partial charge in [-0.3, -0.25) is 14.3 Å². The van der Waals surface area contributed by atoms with E-state index in [0.717, 1.165) is 11.3 Å². The second-order valence-corrected chi connectivity index (χ2v) is 5.83.